The van der Waals surface area contributed by atoms with Gasteiger partial charge in [0.2, 0.25) is 5.91 Å². The molecular weight excluding hydrogens is 346 g/mol. The zero-order valence-corrected chi connectivity index (χ0v) is 15.8. The third-order valence-electron chi connectivity index (χ3n) is 3.39. The van der Waals surface area contributed by atoms with E-state index in [1.54, 1.807) is 29.5 Å². The van der Waals surface area contributed by atoms with Crippen molar-refractivity contribution >= 4 is 28.9 Å². The number of guanidine groups is 1. The van der Waals surface area contributed by atoms with Gasteiger partial charge in [0, 0.05) is 28.9 Å². The Morgan fingerprint density at radius 1 is 1.35 bits per heavy atom. The summed E-state index contributed by atoms with van der Waals surface area (Å²) in [4.78, 5) is 22.0. The number of benzene rings is 1. The summed E-state index contributed by atoms with van der Waals surface area (Å²) in [7, 11) is 0. The van der Waals surface area contributed by atoms with Crippen molar-refractivity contribution in [2.75, 3.05) is 18.4 Å². The summed E-state index contributed by atoms with van der Waals surface area (Å²) in [6.07, 6.45) is 8.24. The van der Waals surface area contributed by atoms with Gasteiger partial charge in [0.05, 0.1) is 6.54 Å². The normalized spacial score (nSPS) is 10.9. The number of carbonyl (C=O) groups excluding carboxylic acids is 1. The van der Waals surface area contributed by atoms with Crippen molar-refractivity contribution in [2.45, 2.75) is 26.8 Å². The molecule has 0 spiro atoms. The number of nitrogens with zero attached hydrogens (tertiary/aromatic N) is 2. The summed E-state index contributed by atoms with van der Waals surface area (Å²) in [6.45, 7) is 5.36. The van der Waals surface area contributed by atoms with E-state index in [2.05, 4.69) is 38.8 Å². The number of terminal acetylenes is 1. The van der Waals surface area contributed by atoms with E-state index in [0.717, 1.165) is 17.0 Å². The molecule has 1 aromatic carbocycles. The molecule has 0 radical (unpaired) electrons. The molecule has 2 aromatic rings. The molecule has 26 heavy (non-hydrogen) atoms. The van der Waals surface area contributed by atoms with E-state index in [0.29, 0.717) is 24.7 Å². The maximum Gasteiger partial charge on any atom is 0.246 e. The molecule has 1 amide bonds. The first-order valence-corrected chi connectivity index (χ1v) is 9.28. The quantitative estimate of drug-likeness (QED) is 0.398. The second kappa shape index (κ2) is 10.2. The molecule has 7 heteroatoms. The Morgan fingerprint density at radius 3 is 2.88 bits per heavy atom. The van der Waals surface area contributed by atoms with Crippen LogP contribution >= 0.6 is 11.3 Å². The average Bonchev–Trinajstić information content (AvgIpc) is 3.12. The smallest absolute Gasteiger partial charge is 0.246 e. The van der Waals surface area contributed by atoms with Crippen LogP contribution in [0.15, 0.2) is 35.5 Å². The van der Waals surface area contributed by atoms with E-state index in [9.17, 15) is 4.79 Å². The molecule has 6 nitrogen and oxygen atoms in total. The number of aliphatic imine (C=N–C) groups is 1. The van der Waals surface area contributed by atoms with Gasteiger partial charge in [0.1, 0.15) is 11.6 Å². The van der Waals surface area contributed by atoms with Gasteiger partial charge in [-0.3, -0.25) is 4.79 Å². The van der Waals surface area contributed by atoms with Gasteiger partial charge >= 0.3 is 0 Å². The summed E-state index contributed by atoms with van der Waals surface area (Å²) in [6, 6.07) is 7.15. The Labute approximate surface area is 158 Å². The fourth-order valence-electron chi connectivity index (χ4n) is 2.13. The second-order valence-corrected chi connectivity index (χ2v) is 6.60. The van der Waals surface area contributed by atoms with Crippen LogP contribution in [0.4, 0.5) is 5.69 Å². The molecule has 1 aromatic heterocycles. The van der Waals surface area contributed by atoms with Gasteiger partial charge in [0.25, 0.3) is 0 Å². The molecule has 0 atom stereocenters. The lowest BCUT2D eigenvalue weighted by atomic mass is 10.2. The molecule has 2 rings (SSSR count). The number of hydrogen-bond donors (Lipinski definition) is 3. The third-order valence-corrected chi connectivity index (χ3v) is 4.54. The van der Waals surface area contributed by atoms with Crippen molar-refractivity contribution in [2.24, 2.45) is 4.99 Å². The highest BCUT2D eigenvalue weighted by molar-refractivity contribution is 7.11. The van der Waals surface area contributed by atoms with Gasteiger partial charge < -0.3 is 16.0 Å². The monoisotopic (exact) mass is 369 g/mol. The van der Waals surface area contributed by atoms with Crippen LogP contribution in [0.5, 0.6) is 0 Å². The number of thiazole rings is 1. The Bertz CT molecular complexity index is 806. The summed E-state index contributed by atoms with van der Waals surface area (Å²) in [5, 5.41) is 10.1. The van der Waals surface area contributed by atoms with Crippen molar-refractivity contribution in [3.63, 3.8) is 0 Å². The topological polar surface area (TPSA) is 78.4 Å². The zero-order valence-electron chi connectivity index (χ0n) is 15.0. The SMILES string of the molecule is C#Cc1cccc(NC(=O)CN=C(NCC)NCc2ncc(CC)s2)c1. The van der Waals surface area contributed by atoms with Crippen LogP contribution < -0.4 is 16.0 Å². The lowest BCUT2D eigenvalue weighted by Gasteiger charge is -2.10. The number of amides is 1. The molecule has 0 unspecified atom stereocenters. The van der Waals surface area contributed by atoms with Crippen molar-refractivity contribution < 1.29 is 4.79 Å². The molecule has 0 aliphatic carbocycles. The van der Waals surface area contributed by atoms with Crippen LogP contribution in [0.2, 0.25) is 0 Å². The molecule has 1 heterocycles. The van der Waals surface area contributed by atoms with Gasteiger partial charge in [-0.15, -0.1) is 17.8 Å². The van der Waals surface area contributed by atoms with E-state index in [4.69, 9.17) is 6.42 Å². The number of carbonyl (C=O) groups is 1. The number of hydrogen-bond acceptors (Lipinski definition) is 4. The highest BCUT2D eigenvalue weighted by atomic mass is 32.1. The largest absolute Gasteiger partial charge is 0.357 e. The predicted octanol–water partition coefficient (Wildman–Crippen LogP) is 2.38. The Morgan fingerprint density at radius 2 is 2.19 bits per heavy atom. The molecule has 0 aliphatic rings. The fourth-order valence-corrected chi connectivity index (χ4v) is 2.93. The lowest BCUT2D eigenvalue weighted by molar-refractivity contribution is -0.114. The molecule has 3 N–H and O–H groups in total. The molecule has 0 saturated heterocycles. The summed E-state index contributed by atoms with van der Waals surface area (Å²) in [5.41, 5.74) is 1.38. The first-order valence-electron chi connectivity index (χ1n) is 8.46. The minimum atomic E-state index is -0.209. The predicted molar refractivity (Wildman–Crippen MR) is 107 cm³/mol. The van der Waals surface area contributed by atoms with Crippen molar-refractivity contribution in [1.29, 1.82) is 0 Å². The standard InChI is InChI=1S/C19H23N5OS/c1-4-14-8-7-9-15(10-14)24-17(25)12-22-19(20-6-3)23-13-18-21-11-16(5-2)26-18/h1,7-11H,5-6,12-13H2,2-3H3,(H,24,25)(H2,20,22,23). The number of aryl methyl sites for hydroxylation is 1. The Hall–Kier alpha value is -2.85. The fraction of sp³-hybridized carbons (Fsp3) is 0.316. The second-order valence-electron chi connectivity index (χ2n) is 5.40. The van der Waals surface area contributed by atoms with E-state index < -0.39 is 0 Å². The number of nitrogens with one attached hydrogen (secondary N) is 3. The first kappa shape index (κ1) is 19.5. The first-order chi connectivity index (χ1) is 12.6. The minimum Gasteiger partial charge on any atom is -0.357 e. The zero-order chi connectivity index (χ0) is 18.8. The molecule has 0 aliphatic heterocycles. The lowest BCUT2D eigenvalue weighted by Crippen LogP contribution is -2.37. The van der Waals surface area contributed by atoms with E-state index in [1.807, 2.05) is 19.2 Å². The molecule has 0 fully saturated rings. The highest BCUT2D eigenvalue weighted by Crippen LogP contribution is 2.12. The maximum absolute atomic E-state index is 12.1. The van der Waals surface area contributed by atoms with Crippen molar-refractivity contribution in [3.05, 3.63) is 45.9 Å². The van der Waals surface area contributed by atoms with Crippen LogP contribution in [0.3, 0.4) is 0 Å². The van der Waals surface area contributed by atoms with Crippen molar-refractivity contribution in [1.82, 2.24) is 15.6 Å². The van der Waals surface area contributed by atoms with Crippen LogP contribution in [0, 0.1) is 12.3 Å². The number of anilines is 1. The Balaban J connectivity index is 1.90. The van der Waals surface area contributed by atoms with E-state index in [1.165, 1.54) is 4.88 Å². The number of aromatic nitrogens is 1. The molecular formula is C19H23N5OS. The molecule has 0 bridgehead atoms. The molecule has 136 valence electrons. The third kappa shape index (κ3) is 6.22. The summed E-state index contributed by atoms with van der Waals surface area (Å²) in [5.74, 6) is 2.91. The Kier molecular flexibility index (Phi) is 7.65. The van der Waals surface area contributed by atoms with Crippen LogP contribution in [-0.2, 0) is 17.8 Å². The van der Waals surface area contributed by atoms with Gasteiger partial charge in [-0.25, -0.2) is 9.98 Å². The van der Waals surface area contributed by atoms with E-state index in [-0.39, 0.29) is 12.5 Å². The molecule has 0 saturated carbocycles. The van der Waals surface area contributed by atoms with Gasteiger partial charge in [0.15, 0.2) is 5.96 Å². The van der Waals surface area contributed by atoms with Crippen LogP contribution in [0.25, 0.3) is 0 Å². The van der Waals surface area contributed by atoms with Crippen LogP contribution in [-0.4, -0.2) is 29.9 Å². The maximum atomic E-state index is 12.1. The van der Waals surface area contributed by atoms with Crippen molar-refractivity contribution in [3.8, 4) is 12.3 Å². The van der Waals surface area contributed by atoms with Gasteiger partial charge in [-0.1, -0.05) is 18.9 Å². The summed E-state index contributed by atoms with van der Waals surface area (Å²) < 4.78 is 0. The van der Waals surface area contributed by atoms with E-state index >= 15 is 0 Å². The average molecular weight is 369 g/mol. The highest BCUT2D eigenvalue weighted by Gasteiger charge is 2.05. The van der Waals surface area contributed by atoms with Gasteiger partial charge in [-0.05, 0) is 31.5 Å². The number of rotatable bonds is 7. The van der Waals surface area contributed by atoms with Crippen LogP contribution in [0.1, 0.15) is 29.3 Å². The minimum absolute atomic E-state index is 0.00763. The summed E-state index contributed by atoms with van der Waals surface area (Å²) >= 11 is 1.67. The van der Waals surface area contributed by atoms with Gasteiger partial charge in [-0.2, -0.15) is 0 Å².